The van der Waals surface area contributed by atoms with Crippen molar-refractivity contribution in [2.45, 2.75) is 51.0 Å². The number of hydrogen-bond donors (Lipinski definition) is 3. The van der Waals surface area contributed by atoms with Crippen LogP contribution in [0.25, 0.3) is 0 Å². The van der Waals surface area contributed by atoms with E-state index in [1.807, 2.05) is 24.3 Å². The largest absolute Gasteiger partial charge is 0.349 e. The standard InChI is InChI=1S/C22H27N3O5S.CH4/c1-2-5-16-8-10-17(11-9-16)21(26)23-18-12-14-25(15-13-18)31(29,30)20-7-4-3-6-19(20)22(27)24-28;/h3-4,6-11,18,28H,2,5,12-15H2,1H3,(H,23,26)(H,24,27);1H4. The Balaban J connectivity index is 0.00000363. The van der Waals surface area contributed by atoms with Gasteiger partial charge in [0.2, 0.25) is 10.0 Å². The van der Waals surface area contributed by atoms with E-state index in [1.165, 1.54) is 39.6 Å². The van der Waals surface area contributed by atoms with Gasteiger partial charge in [-0.1, -0.05) is 45.0 Å². The molecule has 3 N–H and O–H groups in total. The van der Waals surface area contributed by atoms with E-state index in [0.29, 0.717) is 18.4 Å². The highest BCUT2D eigenvalue weighted by Crippen LogP contribution is 2.24. The average molecular weight is 462 g/mol. The third-order valence-electron chi connectivity index (χ3n) is 5.39. The van der Waals surface area contributed by atoms with Gasteiger partial charge in [-0.25, -0.2) is 13.9 Å². The quantitative estimate of drug-likeness (QED) is 0.433. The normalized spacial score (nSPS) is 14.9. The SMILES string of the molecule is C.CCCc1ccc(C(=O)NC2CCN(S(=O)(=O)c3ccccc3C(=O)NO)CC2)cc1. The Bertz CT molecular complexity index is 1030. The molecule has 0 saturated carbocycles. The molecule has 0 aliphatic carbocycles. The van der Waals surface area contributed by atoms with Gasteiger partial charge in [-0.2, -0.15) is 4.31 Å². The Labute approximate surface area is 189 Å². The van der Waals surface area contributed by atoms with Crippen molar-refractivity contribution in [2.75, 3.05) is 13.1 Å². The lowest BCUT2D eigenvalue weighted by atomic mass is 10.0. The minimum atomic E-state index is -3.91. The molecule has 174 valence electrons. The predicted molar refractivity (Wildman–Crippen MR) is 122 cm³/mol. The van der Waals surface area contributed by atoms with E-state index >= 15 is 0 Å². The minimum Gasteiger partial charge on any atom is -0.349 e. The summed E-state index contributed by atoms with van der Waals surface area (Å²) in [6.07, 6.45) is 2.95. The van der Waals surface area contributed by atoms with Crippen LogP contribution in [0.2, 0.25) is 0 Å². The Kier molecular flexibility index (Phi) is 8.94. The van der Waals surface area contributed by atoms with Gasteiger partial charge in [0.1, 0.15) is 0 Å². The molecule has 0 bridgehead atoms. The van der Waals surface area contributed by atoms with Gasteiger partial charge >= 0.3 is 0 Å². The zero-order chi connectivity index (χ0) is 22.4. The molecule has 0 aromatic heterocycles. The zero-order valence-electron chi connectivity index (χ0n) is 17.4. The summed E-state index contributed by atoms with van der Waals surface area (Å²) in [7, 11) is -3.91. The Morgan fingerprint density at radius 3 is 2.25 bits per heavy atom. The molecule has 32 heavy (non-hydrogen) atoms. The van der Waals surface area contributed by atoms with Crippen LogP contribution in [-0.4, -0.2) is 48.9 Å². The second-order valence-corrected chi connectivity index (χ2v) is 9.44. The lowest BCUT2D eigenvalue weighted by Crippen LogP contribution is -2.46. The molecule has 1 aliphatic heterocycles. The number of rotatable bonds is 7. The lowest BCUT2D eigenvalue weighted by Gasteiger charge is -2.32. The summed E-state index contributed by atoms with van der Waals surface area (Å²) in [4.78, 5) is 24.2. The van der Waals surface area contributed by atoms with Crippen molar-refractivity contribution in [1.29, 1.82) is 0 Å². The number of piperidine rings is 1. The second-order valence-electron chi connectivity index (χ2n) is 7.54. The maximum absolute atomic E-state index is 13.0. The van der Waals surface area contributed by atoms with Gasteiger partial charge in [0, 0.05) is 24.7 Å². The highest BCUT2D eigenvalue weighted by molar-refractivity contribution is 7.89. The highest BCUT2D eigenvalue weighted by atomic mass is 32.2. The topological polar surface area (TPSA) is 116 Å². The Morgan fingerprint density at radius 2 is 1.66 bits per heavy atom. The van der Waals surface area contributed by atoms with Gasteiger partial charge in [0.15, 0.2) is 0 Å². The van der Waals surface area contributed by atoms with Crippen LogP contribution in [0.4, 0.5) is 0 Å². The van der Waals surface area contributed by atoms with E-state index in [-0.39, 0.29) is 42.9 Å². The number of hydroxylamine groups is 1. The van der Waals surface area contributed by atoms with Crippen molar-refractivity contribution < 1.29 is 23.2 Å². The summed E-state index contributed by atoms with van der Waals surface area (Å²) in [5.41, 5.74) is 3.13. The molecule has 1 heterocycles. The van der Waals surface area contributed by atoms with Gasteiger partial charge in [-0.05, 0) is 49.1 Å². The first kappa shape index (κ1) is 25.5. The van der Waals surface area contributed by atoms with Gasteiger partial charge < -0.3 is 5.32 Å². The van der Waals surface area contributed by atoms with Gasteiger partial charge in [-0.15, -0.1) is 0 Å². The van der Waals surface area contributed by atoms with Gasteiger partial charge in [0.05, 0.1) is 10.5 Å². The number of carbonyl (C=O) groups excluding carboxylic acids is 2. The third-order valence-corrected chi connectivity index (χ3v) is 7.35. The van der Waals surface area contributed by atoms with Crippen LogP contribution in [0, 0.1) is 0 Å². The molecule has 0 atom stereocenters. The fraction of sp³-hybridized carbons (Fsp3) is 0.391. The Hall–Kier alpha value is -2.75. The molecule has 1 fully saturated rings. The van der Waals surface area contributed by atoms with Gasteiger partial charge in [0.25, 0.3) is 11.8 Å². The summed E-state index contributed by atoms with van der Waals surface area (Å²) in [6, 6.07) is 13.1. The number of carbonyl (C=O) groups is 2. The number of nitrogens with zero attached hydrogens (tertiary/aromatic N) is 1. The van der Waals surface area contributed by atoms with Crippen LogP contribution < -0.4 is 10.8 Å². The fourth-order valence-corrected chi connectivity index (χ4v) is 5.36. The molecule has 1 aliphatic rings. The van der Waals surface area contributed by atoms with E-state index in [1.54, 1.807) is 0 Å². The molecular weight excluding hydrogens is 430 g/mol. The average Bonchev–Trinajstić information content (AvgIpc) is 2.79. The number of sulfonamides is 1. The monoisotopic (exact) mass is 461 g/mol. The van der Waals surface area contributed by atoms with E-state index in [9.17, 15) is 18.0 Å². The van der Waals surface area contributed by atoms with Crippen LogP contribution in [0.1, 0.15) is 59.9 Å². The molecular formula is C23H31N3O5S. The van der Waals surface area contributed by atoms with Crippen LogP contribution in [0.15, 0.2) is 53.4 Å². The third kappa shape index (κ3) is 5.73. The number of nitrogens with one attached hydrogen (secondary N) is 2. The number of hydrogen-bond acceptors (Lipinski definition) is 5. The first-order valence-corrected chi connectivity index (χ1v) is 11.7. The van der Waals surface area contributed by atoms with Crippen molar-refractivity contribution in [2.24, 2.45) is 0 Å². The van der Waals surface area contributed by atoms with Crippen LogP contribution in [0.3, 0.4) is 0 Å². The van der Waals surface area contributed by atoms with Crippen molar-refractivity contribution in [1.82, 2.24) is 15.1 Å². The maximum Gasteiger partial charge on any atom is 0.276 e. The molecule has 2 amide bonds. The van der Waals surface area contributed by atoms with Crippen LogP contribution in [-0.2, 0) is 16.4 Å². The van der Waals surface area contributed by atoms with Crippen molar-refractivity contribution in [3.8, 4) is 0 Å². The molecule has 2 aromatic carbocycles. The molecule has 0 unspecified atom stereocenters. The summed E-state index contributed by atoms with van der Waals surface area (Å²) in [6.45, 7) is 2.54. The van der Waals surface area contributed by atoms with Crippen molar-refractivity contribution >= 4 is 21.8 Å². The van der Waals surface area contributed by atoms with E-state index in [2.05, 4.69) is 12.2 Å². The second kappa shape index (κ2) is 11.2. The van der Waals surface area contributed by atoms with Gasteiger partial charge in [-0.3, -0.25) is 14.8 Å². The molecule has 2 aromatic rings. The summed E-state index contributed by atoms with van der Waals surface area (Å²) in [5, 5.41) is 11.9. The maximum atomic E-state index is 13.0. The van der Waals surface area contributed by atoms with Crippen molar-refractivity contribution in [3.63, 3.8) is 0 Å². The predicted octanol–water partition coefficient (Wildman–Crippen LogP) is 2.98. The molecule has 3 rings (SSSR count). The molecule has 8 nitrogen and oxygen atoms in total. The molecule has 1 saturated heterocycles. The number of benzene rings is 2. The first-order valence-electron chi connectivity index (χ1n) is 10.3. The fourth-order valence-electron chi connectivity index (χ4n) is 3.70. The summed E-state index contributed by atoms with van der Waals surface area (Å²) < 4.78 is 27.4. The van der Waals surface area contributed by atoms with E-state index in [0.717, 1.165) is 12.8 Å². The van der Waals surface area contributed by atoms with Crippen LogP contribution >= 0.6 is 0 Å². The highest BCUT2D eigenvalue weighted by Gasteiger charge is 2.32. The van der Waals surface area contributed by atoms with E-state index < -0.39 is 15.9 Å². The smallest absolute Gasteiger partial charge is 0.276 e. The summed E-state index contributed by atoms with van der Waals surface area (Å²) >= 11 is 0. The minimum absolute atomic E-state index is 0. The summed E-state index contributed by atoms with van der Waals surface area (Å²) in [5.74, 6) is -1.06. The molecule has 0 spiro atoms. The Morgan fingerprint density at radius 1 is 1.03 bits per heavy atom. The lowest BCUT2D eigenvalue weighted by molar-refractivity contribution is 0.0702. The molecule has 0 radical (unpaired) electrons. The van der Waals surface area contributed by atoms with Crippen LogP contribution in [0.5, 0.6) is 0 Å². The van der Waals surface area contributed by atoms with Crippen molar-refractivity contribution in [3.05, 3.63) is 65.2 Å². The van der Waals surface area contributed by atoms with E-state index in [4.69, 9.17) is 5.21 Å². The first-order chi connectivity index (χ1) is 14.9. The number of aryl methyl sites for hydroxylation is 1. The number of amides is 2. The molecule has 9 heteroatoms. The zero-order valence-corrected chi connectivity index (χ0v) is 18.2.